The number of carboxylic acids is 1. The van der Waals surface area contributed by atoms with Crippen LogP contribution in [-0.4, -0.2) is 25.8 Å². The topological polar surface area (TPSA) is 68.0 Å². The maximum absolute atomic E-state index is 11.4. The largest absolute Gasteiger partial charge is 0.481 e. The van der Waals surface area contributed by atoms with Crippen molar-refractivity contribution in [1.29, 1.82) is 0 Å². The van der Waals surface area contributed by atoms with E-state index in [-0.39, 0.29) is 0 Å². The molecule has 1 rings (SSSR count). The third kappa shape index (κ3) is 2.84. The highest BCUT2D eigenvalue weighted by atomic mass is 16.4. The van der Waals surface area contributed by atoms with Gasteiger partial charge in [0.2, 0.25) is 0 Å². The van der Waals surface area contributed by atoms with E-state index >= 15 is 0 Å². The molecule has 0 aliphatic carbocycles. The highest BCUT2D eigenvalue weighted by Gasteiger charge is 2.36. The van der Waals surface area contributed by atoms with Crippen molar-refractivity contribution in [3.05, 3.63) is 12.2 Å². The van der Waals surface area contributed by atoms with Crippen molar-refractivity contribution in [2.24, 2.45) is 5.41 Å². The molecule has 0 saturated heterocycles. The summed E-state index contributed by atoms with van der Waals surface area (Å²) in [5.74, 6) is 0.0338. The molecular weight excluding hydrogens is 218 g/mol. The summed E-state index contributed by atoms with van der Waals surface area (Å²) in [4.78, 5) is 15.6. The number of carbonyl (C=O) groups is 1. The van der Waals surface area contributed by atoms with E-state index in [0.717, 1.165) is 18.8 Å². The molecule has 0 saturated carbocycles. The van der Waals surface area contributed by atoms with Crippen molar-refractivity contribution in [2.75, 3.05) is 0 Å². The van der Waals surface area contributed by atoms with Crippen LogP contribution >= 0.6 is 0 Å². The second-order valence-corrected chi connectivity index (χ2v) is 4.37. The number of hydrogen-bond acceptors (Lipinski definition) is 3. The van der Waals surface area contributed by atoms with Crippen LogP contribution in [0.1, 0.15) is 45.9 Å². The molecule has 17 heavy (non-hydrogen) atoms. The summed E-state index contributed by atoms with van der Waals surface area (Å²) in [7, 11) is 0. The summed E-state index contributed by atoms with van der Waals surface area (Å²) in [5.41, 5.74) is -0.710. The van der Waals surface area contributed by atoms with Crippen molar-refractivity contribution in [1.82, 2.24) is 14.8 Å². The maximum atomic E-state index is 11.4. The van der Waals surface area contributed by atoms with E-state index in [0.29, 0.717) is 19.3 Å². The lowest BCUT2D eigenvalue weighted by molar-refractivity contribution is -0.149. The van der Waals surface area contributed by atoms with Gasteiger partial charge in [0.25, 0.3) is 0 Å². The first-order valence-electron chi connectivity index (χ1n) is 6.19. The molecule has 0 aromatic carbocycles. The van der Waals surface area contributed by atoms with Crippen molar-refractivity contribution < 1.29 is 9.90 Å². The van der Waals surface area contributed by atoms with Crippen LogP contribution in [0, 0.1) is 5.41 Å². The van der Waals surface area contributed by atoms with Crippen LogP contribution in [0.3, 0.4) is 0 Å². The lowest BCUT2D eigenvalue weighted by Gasteiger charge is -2.26. The predicted octanol–water partition coefficient (Wildman–Crippen LogP) is 2.12. The molecule has 0 amide bonds. The van der Waals surface area contributed by atoms with E-state index in [1.54, 1.807) is 0 Å². The van der Waals surface area contributed by atoms with E-state index in [9.17, 15) is 9.90 Å². The van der Waals surface area contributed by atoms with E-state index < -0.39 is 11.4 Å². The quantitative estimate of drug-likeness (QED) is 0.791. The number of aromatic nitrogens is 3. The zero-order valence-electron chi connectivity index (χ0n) is 10.8. The Morgan fingerprint density at radius 2 is 2.06 bits per heavy atom. The Balaban J connectivity index is 2.93. The molecule has 1 aromatic rings. The Kier molecular flexibility index (Phi) is 4.66. The molecular formula is C12H21N3O2. The van der Waals surface area contributed by atoms with Gasteiger partial charge in [-0.25, -0.2) is 4.98 Å². The zero-order valence-corrected chi connectivity index (χ0v) is 10.8. The maximum Gasteiger partial charge on any atom is 0.310 e. The minimum Gasteiger partial charge on any atom is -0.481 e. The number of rotatable bonds is 7. The second kappa shape index (κ2) is 5.80. The normalized spacial score (nSPS) is 11.7. The van der Waals surface area contributed by atoms with Gasteiger partial charge in [0.1, 0.15) is 12.2 Å². The first kappa shape index (κ1) is 13.7. The van der Waals surface area contributed by atoms with Crippen molar-refractivity contribution in [2.45, 2.75) is 53.0 Å². The standard InChI is InChI=1S/C12H21N3O2/c1-4-7-15-10(13-9-14-15)8-12(5-2,6-3)11(16)17/h9H,4-8H2,1-3H3,(H,16,17). The van der Waals surface area contributed by atoms with Crippen molar-refractivity contribution in [3.8, 4) is 0 Å². The Hall–Kier alpha value is -1.39. The van der Waals surface area contributed by atoms with Gasteiger partial charge in [0.05, 0.1) is 5.41 Å². The molecule has 5 nitrogen and oxygen atoms in total. The Labute approximate surface area is 102 Å². The SMILES string of the molecule is CCCn1ncnc1CC(CC)(CC)C(=O)O. The minimum absolute atomic E-state index is 0.454. The fourth-order valence-electron chi connectivity index (χ4n) is 2.00. The molecule has 0 atom stereocenters. The van der Waals surface area contributed by atoms with Gasteiger partial charge in [0.15, 0.2) is 0 Å². The summed E-state index contributed by atoms with van der Waals surface area (Å²) in [5, 5.41) is 13.5. The summed E-state index contributed by atoms with van der Waals surface area (Å²) in [6.07, 6.45) is 4.14. The molecule has 0 spiro atoms. The molecule has 1 N–H and O–H groups in total. The zero-order chi connectivity index (χ0) is 12.9. The van der Waals surface area contributed by atoms with Gasteiger partial charge in [-0.05, 0) is 19.3 Å². The van der Waals surface area contributed by atoms with Gasteiger partial charge in [-0.2, -0.15) is 5.10 Å². The average molecular weight is 239 g/mol. The van der Waals surface area contributed by atoms with Gasteiger partial charge in [-0.15, -0.1) is 0 Å². The lowest BCUT2D eigenvalue weighted by atomic mass is 9.79. The van der Waals surface area contributed by atoms with Crippen LogP contribution in [0.15, 0.2) is 6.33 Å². The van der Waals surface area contributed by atoms with Crippen LogP contribution in [0.25, 0.3) is 0 Å². The van der Waals surface area contributed by atoms with Gasteiger partial charge >= 0.3 is 5.97 Å². The minimum atomic E-state index is -0.742. The number of carboxylic acid groups (broad SMARTS) is 1. The molecule has 5 heteroatoms. The van der Waals surface area contributed by atoms with E-state index in [2.05, 4.69) is 17.0 Å². The van der Waals surface area contributed by atoms with Crippen LogP contribution in [0.5, 0.6) is 0 Å². The first-order chi connectivity index (χ1) is 8.09. The van der Waals surface area contributed by atoms with Gasteiger partial charge in [-0.3, -0.25) is 9.48 Å². The number of aliphatic carboxylic acids is 1. The summed E-state index contributed by atoms with van der Waals surface area (Å²) in [6, 6.07) is 0. The molecule has 1 aromatic heterocycles. The molecule has 0 aliphatic rings. The third-order valence-electron chi connectivity index (χ3n) is 3.43. The van der Waals surface area contributed by atoms with Crippen LogP contribution < -0.4 is 0 Å². The third-order valence-corrected chi connectivity index (χ3v) is 3.43. The highest BCUT2D eigenvalue weighted by molar-refractivity contribution is 5.74. The number of nitrogens with zero attached hydrogens (tertiary/aromatic N) is 3. The van der Waals surface area contributed by atoms with Crippen LogP contribution in [0.2, 0.25) is 0 Å². The van der Waals surface area contributed by atoms with Gasteiger partial charge in [0, 0.05) is 13.0 Å². The van der Waals surface area contributed by atoms with Crippen LogP contribution in [-0.2, 0) is 17.8 Å². The van der Waals surface area contributed by atoms with E-state index in [4.69, 9.17) is 0 Å². The molecule has 96 valence electrons. The number of hydrogen-bond donors (Lipinski definition) is 1. The second-order valence-electron chi connectivity index (χ2n) is 4.37. The average Bonchev–Trinajstić information content (AvgIpc) is 2.73. The van der Waals surface area contributed by atoms with Crippen molar-refractivity contribution in [3.63, 3.8) is 0 Å². The molecule has 0 radical (unpaired) electrons. The molecule has 0 fully saturated rings. The highest BCUT2D eigenvalue weighted by Crippen LogP contribution is 2.30. The Bertz CT molecular complexity index is 370. The fraction of sp³-hybridized carbons (Fsp3) is 0.750. The number of aryl methyl sites for hydroxylation is 1. The van der Waals surface area contributed by atoms with Gasteiger partial charge in [-0.1, -0.05) is 20.8 Å². The fourth-order valence-corrected chi connectivity index (χ4v) is 2.00. The molecule has 0 unspecified atom stereocenters. The monoisotopic (exact) mass is 239 g/mol. The molecule has 0 aliphatic heterocycles. The Morgan fingerprint density at radius 3 is 2.53 bits per heavy atom. The lowest BCUT2D eigenvalue weighted by Crippen LogP contribution is -2.33. The smallest absolute Gasteiger partial charge is 0.310 e. The summed E-state index contributed by atoms with van der Waals surface area (Å²) < 4.78 is 1.81. The van der Waals surface area contributed by atoms with Gasteiger partial charge < -0.3 is 5.11 Å². The van der Waals surface area contributed by atoms with E-state index in [1.165, 1.54) is 6.33 Å². The Morgan fingerprint density at radius 1 is 1.41 bits per heavy atom. The van der Waals surface area contributed by atoms with E-state index in [1.807, 2.05) is 18.5 Å². The van der Waals surface area contributed by atoms with Crippen molar-refractivity contribution >= 4 is 5.97 Å². The summed E-state index contributed by atoms with van der Waals surface area (Å²) in [6.45, 7) is 6.68. The first-order valence-corrected chi connectivity index (χ1v) is 6.19. The predicted molar refractivity (Wildman–Crippen MR) is 64.7 cm³/mol. The molecule has 1 heterocycles. The molecule has 0 bridgehead atoms. The summed E-state index contributed by atoms with van der Waals surface area (Å²) >= 11 is 0. The van der Waals surface area contributed by atoms with Crippen LogP contribution in [0.4, 0.5) is 0 Å².